The van der Waals surface area contributed by atoms with Gasteiger partial charge in [0.15, 0.2) is 5.96 Å². The molecule has 2 N–H and O–H groups in total. The number of nitrogens with zero attached hydrogens (tertiary/aromatic N) is 2. The first-order chi connectivity index (χ1) is 7.15. The Morgan fingerprint density at radius 1 is 1.67 bits per heavy atom. The van der Waals surface area contributed by atoms with E-state index in [1.807, 2.05) is 24.1 Å². The van der Waals surface area contributed by atoms with Gasteiger partial charge in [0, 0.05) is 11.9 Å². The number of halogens is 1. The molecule has 1 aromatic heterocycles. The normalized spacial score (nSPS) is 16.8. The van der Waals surface area contributed by atoms with Crippen LogP contribution in [0.5, 0.6) is 0 Å². The zero-order valence-electron chi connectivity index (χ0n) is 8.61. The second-order valence-corrected chi connectivity index (χ2v) is 5.58. The first-order valence-corrected chi connectivity index (χ1v) is 6.13. The lowest BCUT2D eigenvalue weighted by molar-refractivity contribution is 0.497. The fraction of sp³-hybridized carbons (Fsp3) is 0.500. The number of thiophene rings is 1. The van der Waals surface area contributed by atoms with Crippen molar-refractivity contribution in [2.45, 2.75) is 25.4 Å². The zero-order chi connectivity index (χ0) is 10.8. The van der Waals surface area contributed by atoms with Crippen molar-refractivity contribution >= 4 is 28.9 Å². The molecule has 1 fully saturated rings. The van der Waals surface area contributed by atoms with Crippen LogP contribution < -0.4 is 5.73 Å². The average Bonchev–Trinajstić information content (AvgIpc) is 2.90. The highest BCUT2D eigenvalue weighted by Crippen LogP contribution is 2.24. The van der Waals surface area contributed by atoms with E-state index in [1.165, 1.54) is 17.7 Å². The largest absolute Gasteiger partial charge is 0.370 e. The van der Waals surface area contributed by atoms with Gasteiger partial charge in [0.05, 0.1) is 16.9 Å². The van der Waals surface area contributed by atoms with Gasteiger partial charge in [-0.3, -0.25) is 0 Å². The molecular weight excluding hydrogens is 230 g/mol. The lowest BCUT2D eigenvalue weighted by Gasteiger charge is -2.16. The number of guanidine groups is 1. The molecule has 0 aromatic carbocycles. The van der Waals surface area contributed by atoms with Crippen molar-refractivity contribution in [2.24, 2.45) is 10.7 Å². The third-order valence-corrected chi connectivity index (χ3v) is 3.49. The van der Waals surface area contributed by atoms with Gasteiger partial charge in [0.1, 0.15) is 0 Å². The van der Waals surface area contributed by atoms with Gasteiger partial charge in [-0.05, 0) is 25.0 Å². The van der Waals surface area contributed by atoms with Crippen LogP contribution in [0.4, 0.5) is 0 Å². The molecule has 0 amide bonds. The second kappa shape index (κ2) is 4.41. The van der Waals surface area contributed by atoms with Crippen molar-refractivity contribution in [2.75, 3.05) is 7.05 Å². The topological polar surface area (TPSA) is 41.6 Å². The predicted molar refractivity (Wildman–Crippen MR) is 65.4 cm³/mol. The summed E-state index contributed by atoms with van der Waals surface area (Å²) in [6.45, 7) is 0.777. The van der Waals surface area contributed by atoms with Crippen molar-refractivity contribution in [3.8, 4) is 0 Å². The quantitative estimate of drug-likeness (QED) is 0.654. The molecule has 0 atom stereocenters. The minimum atomic E-state index is 0.472. The summed E-state index contributed by atoms with van der Waals surface area (Å²) in [5.41, 5.74) is 5.86. The second-order valence-electron chi connectivity index (χ2n) is 3.78. The van der Waals surface area contributed by atoms with Crippen LogP contribution in [0.25, 0.3) is 0 Å². The fourth-order valence-electron chi connectivity index (χ4n) is 1.24. The first kappa shape index (κ1) is 10.8. The molecule has 0 unspecified atom stereocenters. The standard InChI is InChI=1S/C10H14ClN3S/c1-14(10(12)13-7-2-3-7)6-8-4-5-9(11)15-8/h4-5,7H,2-3,6H2,1H3,(H2,12,13). The minimum absolute atomic E-state index is 0.472. The van der Waals surface area contributed by atoms with E-state index in [1.54, 1.807) is 11.3 Å². The third-order valence-electron chi connectivity index (χ3n) is 2.27. The summed E-state index contributed by atoms with van der Waals surface area (Å²) < 4.78 is 0.816. The molecule has 1 aromatic rings. The Morgan fingerprint density at radius 3 is 2.93 bits per heavy atom. The van der Waals surface area contributed by atoms with Gasteiger partial charge < -0.3 is 10.6 Å². The van der Waals surface area contributed by atoms with E-state index in [4.69, 9.17) is 17.3 Å². The summed E-state index contributed by atoms with van der Waals surface area (Å²) in [7, 11) is 1.95. The lowest BCUT2D eigenvalue weighted by atomic mass is 10.4. The Labute approximate surface area is 98.6 Å². The number of hydrogen-bond donors (Lipinski definition) is 1. The molecular formula is C10H14ClN3S. The van der Waals surface area contributed by atoms with Crippen molar-refractivity contribution in [3.05, 3.63) is 21.3 Å². The summed E-state index contributed by atoms with van der Waals surface area (Å²) in [5, 5.41) is 0. The number of rotatable bonds is 3. The molecule has 0 aliphatic heterocycles. The Bertz CT molecular complexity index is 370. The molecule has 0 saturated heterocycles. The Balaban J connectivity index is 1.93. The van der Waals surface area contributed by atoms with E-state index in [-0.39, 0.29) is 0 Å². The molecule has 0 bridgehead atoms. The first-order valence-electron chi connectivity index (χ1n) is 4.94. The number of nitrogens with two attached hydrogens (primary N) is 1. The molecule has 1 heterocycles. The summed E-state index contributed by atoms with van der Waals surface area (Å²) in [6.07, 6.45) is 2.36. The Kier molecular flexibility index (Phi) is 3.17. The van der Waals surface area contributed by atoms with Gasteiger partial charge in [-0.25, -0.2) is 4.99 Å². The molecule has 2 rings (SSSR count). The van der Waals surface area contributed by atoms with Crippen LogP contribution in [0.15, 0.2) is 17.1 Å². The maximum absolute atomic E-state index is 5.86. The number of hydrogen-bond acceptors (Lipinski definition) is 2. The van der Waals surface area contributed by atoms with Crippen LogP contribution in [0.2, 0.25) is 4.34 Å². The van der Waals surface area contributed by atoms with Crippen LogP contribution in [-0.2, 0) is 6.54 Å². The molecule has 0 radical (unpaired) electrons. The van der Waals surface area contributed by atoms with Crippen molar-refractivity contribution in [3.63, 3.8) is 0 Å². The molecule has 1 aliphatic carbocycles. The highest BCUT2D eigenvalue weighted by molar-refractivity contribution is 7.16. The van der Waals surface area contributed by atoms with Gasteiger partial charge in [0.25, 0.3) is 0 Å². The molecule has 5 heteroatoms. The summed E-state index contributed by atoms with van der Waals surface area (Å²) in [4.78, 5) is 7.55. The summed E-state index contributed by atoms with van der Waals surface area (Å²) >= 11 is 7.44. The smallest absolute Gasteiger partial charge is 0.191 e. The molecule has 3 nitrogen and oxygen atoms in total. The minimum Gasteiger partial charge on any atom is -0.370 e. The summed E-state index contributed by atoms with van der Waals surface area (Å²) in [5.74, 6) is 0.627. The lowest BCUT2D eigenvalue weighted by Crippen LogP contribution is -2.33. The van der Waals surface area contributed by atoms with E-state index < -0.39 is 0 Å². The van der Waals surface area contributed by atoms with E-state index in [0.717, 1.165) is 10.9 Å². The summed E-state index contributed by atoms with van der Waals surface area (Å²) in [6, 6.07) is 4.40. The van der Waals surface area contributed by atoms with Crippen LogP contribution >= 0.6 is 22.9 Å². The van der Waals surface area contributed by atoms with Crippen molar-refractivity contribution in [1.82, 2.24) is 4.90 Å². The maximum atomic E-state index is 5.86. The molecule has 0 spiro atoms. The zero-order valence-corrected chi connectivity index (χ0v) is 10.2. The van der Waals surface area contributed by atoms with Gasteiger partial charge in [-0.15, -0.1) is 11.3 Å². The van der Waals surface area contributed by atoms with Gasteiger partial charge in [0.2, 0.25) is 0 Å². The maximum Gasteiger partial charge on any atom is 0.191 e. The van der Waals surface area contributed by atoms with Gasteiger partial charge in [-0.2, -0.15) is 0 Å². The third kappa shape index (κ3) is 3.11. The van der Waals surface area contributed by atoms with Crippen LogP contribution in [0.3, 0.4) is 0 Å². The highest BCUT2D eigenvalue weighted by Gasteiger charge is 2.21. The fourth-order valence-corrected chi connectivity index (χ4v) is 2.38. The number of aliphatic imine (C=N–C) groups is 1. The van der Waals surface area contributed by atoms with E-state index in [9.17, 15) is 0 Å². The van der Waals surface area contributed by atoms with Crippen molar-refractivity contribution in [1.29, 1.82) is 0 Å². The average molecular weight is 244 g/mol. The highest BCUT2D eigenvalue weighted by atomic mass is 35.5. The Hall–Kier alpha value is -0.740. The molecule has 1 saturated carbocycles. The SMILES string of the molecule is CN(Cc1ccc(Cl)s1)C(N)=NC1CC1. The van der Waals surface area contributed by atoms with Crippen LogP contribution in [-0.4, -0.2) is 23.9 Å². The monoisotopic (exact) mass is 243 g/mol. The van der Waals surface area contributed by atoms with Gasteiger partial charge in [-0.1, -0.05) is 11.6 Å². The molecule has 15 heavy (non-hydrogen) atoms. The van der Waals surface area contributed by atoms with E-state index in [2.05, 4.69) is 4.99 Å². The Morgan fingerprint density at radius 2 is 2.40 bits per heavy atom. The molecule has 82 valence electrons. The van der Waals surface area contributed by atoms with Crippen LogP contribution in [0.1, 0.15) is 17.7 Å². The molecule has 1 aliphatic rings. The predicted octanol–water partition coefficient (Wildman–Crippen LogP) is 2.31. The van der Waals surface area contributed by atoms with Gasteiger partial charge >= 0.3 is 0 Å². The van der Waals surface area contributed by atoms with Crippen LogP contribution in [0, 0.1) is 0 Å². The van der Waals surface area contributed by atoms with Crippen molar-refractivity contribution < 1.29 is 0 Å². The van der Waals surface area contributed by atoms with E-state index in [0.29, 0.717) is 12.0 Å². The van der Waals surface area contributed by atoms with E-state index >= 15 is 0 Å².